The molecule has 1 rings (SSSR count). The number of hydrogen-bond donors (Lipinski definition) is 1. The molecular formula is C11H22ClN3O2S2. The summed E-state index contributed by atoms with van der Waals surface area (Å²) in [5.41, 5.74) is 5.59. The van der Waals surface area contributed by atoms with Gasteiger partial charge in [0.2, 0.25) is 0 Å². The molecule has 0 aromatic carbocycles. The zero-order chi connectivity index (χ0) is 13.8. The minimum absolute atomic E-state index is 0. The summed E-state index contributed by atoms with van der Waals surface area (Å²) in [7, 11) is -2.94. The van der Waals surface area contributed by atoms with E-state index in [1.165, 1.54) is 11.3 Å². The molecule has 19 heavy (non-hydrogen) atoms. The third-order valence-corrected chi connectivity index (χ3v) is 5.58. The average Bonchev–Trinajstić information content (AvgIpc) is 2.71. The molecule has 0 fully saturated rings. The first-order chi connectivity index (χ1) is 8.38. The third kappa shape index (κ3) is 6.07. The fourth-order valence-electron chi connectivity index (χ4n) is 1.77. The summed E-state index contributed by atoms with van der Waals surface area (Å²) in [6.07, 6.45) is 1.75. The van der Waals surface area contributed by atoms with Gasteiger partial charge in [0.05, 0.1) is 5.75 Å². The molecule has 0 aliphatic carbocycles. The largest absolute Gasteiger partial charge is 0.375 e. The number of halogens is 1. The Morgan fingerprint density at radius 2 is 2.11 bits per heavy atom. The van der Waals surface area contributed by atoms with E-state index >= 15 is 0 Å². The van der Waals surface area contributed by atoms with Gasteiger partial charge in [-0.15, -0.1) is 23.7 Å². The summed E-state index contributed by atoms with van der Waals surface area (Å²) in [5, 5.41) is 0.551. The predicted molar refractivity (Wildman–Crippen MR) is 83.6 cm³/mol. The number of anilines is 1. The van der Waals surface area contributed by atoms with Gasteiger partial charge in [0.15, 0.2) is 15.0 Å². The molecule has 0 saturated carbocycles. The molecule has 1 heterocycles. The van der Waals surface area contributed by atoms with E-state index in [-0.39, 0.29) is 30.0 Å². The molecule has 0 amide bonds. The van der Waals surface area contributed by atoms with Gasteiger partial charge in [0, 0.05) is 29.4 Å². The van der Waals surface area contributed by atoms with Crippen LogP contribution in [0.15, 0.2) is 6.20 Å². The monoisotopic (exact) mass is 327 g/mol. The molecule has 1 unspecified atom stereocenters. The number of aromatic nitrogens is 1. The van der Waals surface area contributed by atoms with Gasteiger partial charge < -0.3 is 5.73 Å². The van der Waals surface area contributed by atoms with Crippen molar-refractivity contribution in [3.63, 3.8) is 0 Å². The van der Waals surface area contributed by atoms with Gasteiger partial charge in [0.1, 0.15) is 0 Å². The number of thiazole rings is 1. The van der Waals surface area contributed by atoms with Crippen LogP contribution in [0.2, 0.25) is 0 Å². The van der Waals surface area contributed by atoms with Crippen molar-refractivity contribution in [1.82, 2.24) is 9.88 Å². The van der Waals surface area contributed by atoms with Crippen LogP contribution in [0.1, 0.15) is 25.6 Å². The SMILES string of the molecule is CCN(Cc1cnc(N)s1)C(C)CS(=O)(=O)CC.Cl. The number of sulfone groups is 1. The number of rotatable bonds is 7. The Labute approximate surface area is 125 Å². The highest BCUT2D eigenvalue weighted by Gasteiger charge is 2.19. The van der Waals surface area contributed by atoms with Crippen molar-refractivity contribution < 1.29 is 8.42 Å². The minimum Gasteiger partial charge on any atom is -0.375 e. The lowest BCUT2D eigenvalue weighted by Gasteiger charge is -2.26. The summed E-state index contributed by atoms with van der Waals surface area (Å²) < 4.78 is 23.3. The normalized spacial score (nSPS) is 13.3. The lowest BCUT2D eigenvalue weighted by molar-refractivity contribution is 0.228. The highest BCUT2D eigenvalue weighted by Crippen LogP contribution is 2.18. The van der Waals surface area contributed by atoms with Crippen LogP contribution in [0.5, 0.6) is 0 Å². The van der Waals surface area contributed by atoms with Crippen LogP contribution in [-0.4, -0.2) is 42.4 Å². The fraction of sp³-hybridized carbons (Fsp3) is 0.727. The second-order valence-electron chi connectivity index (χ2n) is 4.28. The maximum atomic E-state index is 11.6. The first-order valence-corrected chi connectivity index (χ1v) is 8.66. The predicted octanol–water partition coefficient (Wildman–Crippen LogP) is 1.79. The van der Waals surface area contributed by atoms with E-state index in [0.717, 1.165) is 11.4 Å². The molecule has 0 aliphatic heterocycles. The molecule has 0 bridgehead atoms. The van der Waals surface area contributed by atoms with Gasteiger partial charge in [-0.2, -0.15) is 0 Å². The van der Waals surface area contributed by atoms with Gasteiger partial charge in [-0.25, -0.2) is 13.4 Å². The Balaban J connectivity index is 0.00000324. The second-order valence-corrected chi connectivity index (χ2v) is 7.82. The van der Waals surface area contributed by atoms with E-state index in [0.29, 0.717) is 11.7 Å². The first-order valence-electron chi connectivity index (χ1n) is 6.02. The molecule has 1 aromatic rings. The van der Waals surface area contributed by atoms with Gasteiger partial charge >= 0.3 is 0 Å². The van der Waals surface area contributed by atoms with E-state index in [1.807, 2.05) is 13.8 Å². The zero-order valence-electron chi connectivity index (χ0n) is 11.5. The van der Waals surface area contributed by atoms with Crippen LogP contribution in [0.4, 0.5) is 5.13 Å². The molecule has 2 N–H and O–H groups in total. The molecule has 0 saturated heterocycles. The van der Waals surface area contributed by atoms with Crippen LogP contribution in [0.3, 0.4) is 0 Å². The third-order valence-electron chi connectivity index (χ3n) is 2.89. The van der Waals surface area contributed by atoms with Crippen LogP contribution in [0, 0.1) is 0 Å². The maximum Gasteiger partial charge on any atom is 0.180 e. The van der Waals surface area contributed by atoms with Gasteiger partial charge in [-0.05, 0) is 13.5 Å². The fourth-order valence-corrected chi connectivity index (χ4v) is 3.66. The average molecular weight is 328 g/mol. The minimum atomic E-state index is -2.94. The number of nitrogens with two attached hydrogens (primary N) is 1. The Bertz CT molecular complexity index is 476. The quantitative estimate of drug-likeness (QED) is 0.826. The maximum absolute atomic E-state index is 11.6. The molecule has 0 spiro atoms. The van der Waals surface area contributed by atoms with E-state index in [2.05, 4.69) is 9.88 Å². The van der Waals surface area contributed by atoms with Crippen molar-refractivity contribution in [3.05, 3.63) is 11.1 Å². The number of nitrogen functional groups attached to an aromatic ring is 1. The van der Waals surface area contributed by atoms with Gasteiger partial charge in [-0.3, -0.25) is 4.90 Å². The highest BCUT2D eigenvalue weighted by atomic mass is 35.5. The standard InChI is InChI=1S/C11H21N3O2S2.ClH/c1-4-14(7-10-6-13-11(12)17-10)9(3)8-18(15,16)5-2;/h6,9H,4-5,7-8H2,1-3H3,(H2,12,13);1H. The first kappa shape index (κ1) is 18.6. The van der Waals surface area contributed by atoms with Crippen LogP contribution in [0.25, 0.3) is 0 Å². The molecule has 1 atom stereocenters. The number of nitrogens with zero attached hydrogens (tertiary/aromatic N) is 2. The molecule has 0 aliphatic rings. The summed E-state index contributed by atoms with van der Waals surface area (Å²) in [5.74, 6) is 0.397. The Morgan fingerprint density at radius 1 is 1.47 bits per heavy atom. The van der Waals surface area contributed by atoms with Crippen molar-refractivity contribution in [2.24, 2.45) is 0 Å². The van der Waals surface area contributed by atoms with Crippen LogP contribution >= 0.6 is 23.7 Å². The zero-order valence-corrected chi connectivity index (χ0v) is 13.9. The van der Waals surface area contributed by atoms with Gasteiger partial charge in [-0.1, -0.05) is 13.8 Å². The molecule has 5 nitrogen and oxygen atoms in total. The Kier molecular flexibility index (Phi) is 7.88. The summed E-state index contributed by atoms with van der Waals surface area (Å²) in [6, 6.07) is 0.00303. The molecule has 0 radical (unpaired) electrons. The van der Waals surface area contributed by atoms with Gasteiger partial charge in [0.25, 0.3) is 0 Å². The van der Waals surface area contributed by atoms with Crippen molar-refractivity contribution in [2.45, 2.75) is 33.4 Å². The molecule has 1 aromatic heterocycles. The summed E-state index contributed by atoms with van der Waals surface area (Å²) in [4.78, 5) is 7.20. The summed E-state index contributed by atoms with van der Waals surface area (Å²) >= 11 is 1.45. The van der Waals surface area contributed by atoms with E-state index < -0.39 is 9.84 Å². The van der Waals surface area contributed by atoms with E-state index in [4.69, 9.17) is 5.73 Å². The lowest BCUT2D eigenvalue weighted by atomic mass is 10.3. The van der Waals surface area contributed by atoms with Crippen LogP contribution in [-0.2, 0) is 16.4 Å². The van der Waals surface area contributed by atoms with Crippen LogP contribution < -0.4 is 5.73 Å². The highest BCUT2D eigenvalue weighted by molar-refractivity contribution is 7.91. The molecular weight excluding hydrogens is 306 g/mol. The second kappa shape index (κ2) is 8.04. The Hall–Kier alpha value is -0.370. The summed E-state index contributed by atoms with van der Waals surface area (Å²) in [6.45, 7) is 7.16. The topological polar surface area (TPSA) is 76.3 Å². The van der Waals surface area contributed by atoms with E-state index in [9.17, 15) is 8.42 Å². The molecule has 112 valence electrons. The number of hydrogen-bond acceptors (Lipinski definition) is 6. The lowest BCUT2D eigenvalue weighted by Crippen LogP contribution is -2.37. The molecule has 8 heteroatoms. The smallest absolute Gasteiger partial charge is 0.180 e. The Morgan fingerprint density at radius 3 is 2.53 bits per heavy atom. The van der Waals surface area contributed by atoms with Crippen molar-refractivity contribution >= 4 is 38.7 Å². The van der Waals surface area contributed by atoms with Crippen molar-refractivity contribution in [1.29, 1.82) is 0 Å². The van der Waals surface area contributed by atoms with Crippen molar-refractivity contribution in [3.8, 4) is 0 Å². The van der Waals surface area contributed by atoms with Crippen molar-refractivity contribution in [2.75, 3.05) is 23.8 Å². The van der Waals surface area contributed by atoms with E-state index in [1.54, 1.807) is 13.1 Å².